The number of hydrogen-bond acceptors (Lipinski definition) is 3. The molecule has 1 aliphatic carbocycles. The van der Waals surface area contributed by atoms with Crippen LogP contribution in [0.1, 0.15) is 45.4 Å². The van der Waals surface area contributed by atoms with E-state index < -0.39 is 0 Å². The first-order valence-electron chi connectivity index (χ1n) is 9.35. The van der Waals surface area contributed by atoms with Gasteiger partial charge in [0, 0.05) is 24.7 Å². The third-order valence-electron chi connectivity index (χ3n) is 5.65. The molecule has 0 spiro atoms. The Morgan fingerprint density at radius 3 is 2.48 bits per heavy atom. The van der Waals surface area contributed by atoms with Gasteiger partial charge >= 0.3 is 0 Å². The van der Waals surface area contributed by atoms with Crippen LogP contribution >= 0.6 is 0 Å². The van der Waals surface area contributed by atoms with Gasteiger partial charge in [0.2, 0.25) is 11.8 Å². The van der Waals surface area contributed by atoms with Gasteiger partial charge in [-0.1, -0.05) is 13.3 Å². The van der Waals surface area contributed by atoms with E-state index in [9.17, 15) is 9.59 Å². The Hall–Kier alpha value is -2.04. The zero-order valence-electron chi connectivity index (χ0n) is 15.2. The molecule has 2 aliphatic rings. The highest BCUT2D eigenvalue weighted by molar-refractivity contribution is 6.00. The first-order valence-corrected chi connectivity index (χ1v) is 9.35. The zero-order valence-corrected chi connectivity index (χ0v) is 15.2. The average Bonchev–Trinajstić information content (AvgIpc) is 3.04. The van der Waals surface area contributed by atoms with Gasteiger partial charge in [0.1, 0.15) is 5.75 Å². The molecule has 0 unspecified atom stereocenters. The van der Waals surface area contributed by atoms with E-state index in [1.165, 1.54) is 19.3 Å². The summed E-state index contributed by atoms with van der Waals surface area (Å²) in [6, 6.07) is 7.68. The summed E-state index contributed by atoms with van der Waals surface area (Å²) in [5.41, 5.74) is 0.824. The van der Waals surface area contributed by atoms with Crippen LogP contribution in [0, 0.1) is 11.8 Å². The molecule has 1 N–H and O–H groups in total. The molecular weight excluding hydrogens is 316 g/mol. The number of methoxy groups -OCH3 is 1. The molecular formula is C20H28N2O3. The van der Waals surface area contributed by atoms with Crippen molar-refractivity contribution in [1.29, 1.82) is 0 Å². The van der Waals surface area contributed by atoms with Gasteiger partial charge in [-0.3, -0.25) is 9.59 Å². The summed E-state index contributed by atoms with van der Waals surface area (Å²) in [5, 5.41) is 3.18. The Morgan fingerprint density at radius 1 is 1.20 bits per heavy atom. The number of rotatable bonds is 5. The smallest absolute Gasteiger partial charge is 0.227 e. The first kappa shape index (κ1) is 17.8. The van der Waals surface area contributed by atoms with E-state index in [-0.39, 0.29) is 23.8 Å². The molecule has 0 bridgehead atoms. The minimum Gasteiger partial charge on any atom is -0.497 e. The predicted molar refractivity (Wildman–Crippen MR) is 97.6 cm³/mol. The highest BCUT2D eigenvalue weighted by atomic mass is 16.5. The Balaban J connectivity index is 1.55. The molecule has 1 aromatic carbocycles. The number of anilines is 1. The van der Waals surface area contributed by atoms with Crippen LogP contribution in [-0.4, -0.2) is 31.5 Å². The summed E-state index contributed by atoms with van der Waals surface area (Å²) in [6.07, 6.45) is 6.04. The maximum absolute atomic E-state index is 12.6. The molecule has 1 aromatic rings. The monoisotopic (exact) mass is 344 g/mol. The molecule has 136 valence electrons. The maximum Gasteiger partial charge on any atom is 0.227 e. The van der Waals surface area contributed by atoms with Gasteiger partial charge in [-0.05, 0) is 55.9 Å². The second-order valence-corrected chi connectivity index (χ2v) is 7.24. The van der Waals surface area contributed by atoms with Crippen LogP contribution in [0.5, 0.6) is 5.75 Å². The minimum absolute atomic E-state index is 0.0139. The number of benzene rings is 1. The number of carbonyl (C=O) groups is 2. The number of nitrogens with one attached hydrogen (secondary N) is 1. The van der Waals surface area contributed by atoms with Gasteiger partial charge < -0.3 is 15.0 Å². The van der Waals surface area contributed by atoms with Crippen molar-refractivity contribution in [2.24, 2.45) is 11.8 Å². The van der Waals surface area contributed by atoms with Crippen LogP contribution in [0.2, 0.25) is 0 Å². The third kappa shape index (κ3) is 4.14. The number of hydrogen-bond donors (Lipinski definition) is 1. The Morgan fingerprint density at radius 2 is 1.88 bits per heavy atom. The van der Waals surface area contributed by atoms with Crippen molar-refractivity contribution in [3.05, 3.63) is 24.3 Å². The summed E-state index contributed by atoms with van der Waals surface area (Å²) < 4.78 is 5.15. The van der Waals surface area contributed by atoms with Crippen LogP contribution in [0.4, 0.5) is 5.69 Å². The van der Waals surface area contributed by atoms with Crippen molar-refractivity contribution in [2.45, 2.75) is 51.5 Å². The largest absolute Gasteiger partial charge is 0.497 e. The number of amides is 2. The lowest BCUT2D eigenvalue weighted by atomic mass is 9.84. The van der Waals surface area contributed by atoms with Gasteiger partial charge in [0.25, 0.3) is 0 Å². The molecule has 2 fully saturated rings. The molecule has 1 heterocycles. The van der Waals surface area contributed by atoms with E-state index in [0.29, 0.717) is 13.0 Å². The first-order chi connectivity index (χ1) is 12.1. The fourth-order valence-electron chi connectivity index (χ4n) is 3.93. The van der Waals surface area contributed by atoms with Crippen molar-refractivity contribution in [3.8, 4) is 5.75 Å². The molecule has 3 rings (SSSR count). The second-order valence-electron chi connectivity index (χ2n) is 7.24. The lowest BCUT2D eigenvalue weighted by Gasteiger charge is -2.29. The second kappa shape index (κ2) is 7.89. The summed E-state index contributed by atoms with van der Waals surface area (Å²) in [7, 11) is 1.62. The van der Waals surface area contributed by atoms with E-state index in [1.807, 2.05) is 24.3 Å². The number of carbonyl (C=O) groups excluding carboxylic acids is 2. The third-order valence-corrected chi connectivity index (χ3v) is 5.65. The van der Waals surface area contributed by atoms with Gasteiger partial charge in [-0.2, -0.15) is 0 Å². The summed E-state index contributed by atoms with van der Waals surface area (Å²) >= 11 is 0. The molecule has 1 aliphatic heterocycles. The molecule has 0 radical (unpaired) electrons. The molecule has 25 heavy (non-hydrogen) atoms. The Kier molecular flexibility index (Phi) is 5.61. The summed E-state index contributed by atoms with van der Waals surface area (Å²) in [5.74, 6) is 1.36. The van der Waals surface area contributed by atoms with E-state index in [0.717, 1.165) is 30.2 Å². The standard InChI is InChI=1S/C20H28N2O3/c1-3-14-4-6-16(7-5-14)21-20(24)15-12-19(23)22(13-15)17-8-10-18(25-2)11-9-17/h8-11,14-16H,3-7,12-13H2,1-2H3,(H,21,24)/t14?,15-,16?/m1/s1. The molecule has 5 nitrogen and oxygen atoms in total. The number of nitrogens with zero attached hydrogens (tertiary/aromatic N) is 1. The molecule has 2 amide bonds. The van der Waals surface area contributed by atoms with Crippen LogP contribution < -0.4 is 15.0 Å². The Bertz CT molecular complexity index is 606. The number of ether oxygens (including phenoxy) is 1. The minimum atomic E-state index is -0.251. The van der Waals surface area contributed by atoms with Gasteiger partial charge in [-0.25, -0.2) is 0 Å². The van der Waals surface area contributed by atoms with E-state index in [4.69, 9.17) is 4.74 Å². The molecule has 1 atom stereocenters. The fourth-order valence-corrected chi connectivity index (χ4v) is 3.93. The van der Waals surface area contributed by atoms with Crippen LogP contribution in [0.3, 0.4) is 0 Å². The van der Waals surface area contributed by atoms with Crippen molar-refractivity contribution in [2.75, 3.05) is 18.6 Å². The van der Waals surface area contributed by atoms with Crippen molar-refractivity contribution >= 4 is 17.5 Å². The van der Waals surface area contributed by atoms with Crippen molar-refractivity contribution < 1.29 is 14.3 Å². The zero-order chi connectivity index (χ0) is 17.8. The highest BCUT2D eigenvalue weighted by Crippen LogP contribution is 2.29. The molecule has 5 heteroatoms. The summed E-state index contributed by atoms with van der Waals surface area (Å²) in [6.45, 7) is 2.70. The molecule has 1 saturated heterocycles. The lowest BCUT2D eigenvalue weighted by Crippen LogP contribution is -2.41. The Labute approximate surface area is 149 Å². The normalized spacial score (nSPS) is 26.6. The van der Waals surface area contributed by atoms with Crippen LogP contribution in [0.15, 0.2) is 24.3 Å². The van der Waals surface area contributed by atoms with Gasteiger partial charge in [0.15, 0.2) is 0 Å². The van der Waals surface area contributed by atoms with Crippen LogP contribution in [0.25, 0.3) is 0 Å². The lowest BCUT2D eigenvalue weighted by molar-refractivity contribution is -0.127. The highest BCUT2D eigenvalue weighted by Gasteiger charge is 2.36. The summed E-state index contributed by atoms with van der Waals surface area (Å²) in [4.78, 5) is 26.6. The van der Waals surface area contributed by atoms with E-state index in [1.54, 1.807) is 12.0 Å². The van der Waals surface area contributed by atoms with Crippen molar-refractivity contribution in [3.63, 3.8) is 0 Å². The van der Waals surface area contributed by atoms with Gasteiger partial charge in [-0.15, -0.1) is 0 Å². The van der Waals surface area contributed by atoms with E-state index in [2.05, 4.69) is 12.2 Å². The molecule has 0 aromatic heterocycles. The quantitative estimate of drug-likeness (QED) is 0.893. The fraction of sp³-hybridized carbons (Fsp3) is 0.600. The van der Waals surface area contributed by atoms with Gasteiger partial charge in [0.05, 0.1) is 13.0 Å². The topological polar surface area (TPSA) is 58.6 Å². The van der Waals surface area contributed by atoms with E-state index >= 15 is 0 Å². The SMILES string of the molecule is CCC1CCC(NC(=O)[C@@H]2CC(=O)N(c3ccc(OC)cc3)C2)CC1. The average molecular weight is 344 g/mol. The molecule has 1 saturated carbocycles. The van der Waals surface area contributed by atoms with Crippen LogP contribution in [-0.2, 0) is 9.59 Å². The van der Waals surface area contributed by atoms with Crippen molar-refractivity contribution in [1.82, 2.24) is 5.32 Å². The predicted octanol–water partition coefficient (Wildman–Crippen LogP) is 3.13. The maximum atomic E-state index is 12.6.